The molecule has 146 valence electrons. The molecule has 0 amide bonds. The molecular formula is C24H21O4S+. The molecule has 0 unspecified atom stereocenters. The molecule has 0 saturated heterocycles. The highest BCUT2D eigenvalue weighted by Crippen LogP contribution is 2.46. The fraction of sp³-hybridized carbons (Fsp3) is 0.125. The van der Waals surface area contributed by atoms with E-state index in [-0.39, 0.29) is 17.5 Å². The van der Waals surface area contributed by atoms with Gasteiger partial charge in [-0.15, -0.1) is 0 Å². The first-order valence-corrected chi connectivity index (χ1v) is 10.5. The van der Waals surface area contributed by atoms with Gasteiger partial charge in [-0.3, -0.25) is 0 Å². The zero-order chi connectivity index (χ0) is 20.2. The monoisotopic (exact) mass is 405 g/mol. The van der Waals surface area contributed by atoms with E-state index in [1.165, 1.54) is 14.7 Å². The Bertz CT molecular complexity index is 997. The van der Waals surface area contributed by atoms with Gasteiger partial charge >= 0.3 is 5.97 Å². The molecule has 1 aliphatic heterocycles. The Morgan fingerprint density at radius 3 is 2.07 bits per heavy atom. The molecule has 3 aromatic carbocycles. The molecular weight excluding hydrogens is 384 g/mol. The molecule has 4 nitrogen and oxygen atoms in total. The quantitative estimate of drug-likeness (QED) is 0.187. The van der Waals surface area contributed by atoms with Gasteiger partial charge in [0.15, 0.2) is 16.4 Å². The molecule has 0 aliphatic carbocycles. The molecule has 1 heterocycles. The zero-order valence-corrected chi connectivity index (χ0v) is 16.9. The number of hydrogen-bond donors (Lipinski definition) is 0. The van der Waals surface area contributed by atoms with Crippen molar-refractivity contribution in [2.45, 2.75) is 21.6 Å². The van der Waals surface area contributed by atoms with Gasteiger partial charge in [0.2, 0.25) is 9.79 Å². The summed E-state index contributed by atoms with van der Waals surface area (Å²) >= 11 is 0. The number of para-hydroxylation sites is 2. The minimum Gasteiger partial charge on any atom is -0.490 e. The summed E-state index contributed by atoms with van der Waals surface area (Å²) in [4.78, 5) is 14.9. The Hall–Kier alpha value is -3.18. The Labute approximate surface area is 173 Å². The molecule has 0 bridgehead atoms. The van der Waals surface area contributed by atoms with E-state index in [1.54, 1.807) is 6.92 Å². The van der Waals surface area contributed by atoms with Gasteiger partial charge in [-0.25, -0.2) is 4.79 Å². The van der Waals surface area contributed by atoms with Crippen LogP contribution >= 0.6 is 0 Å². The second kappa shape index (κ2) is 8.45. The lowest BCUT2D eigenvalue weighted by atomic mass is 10.3. The third-order valence-electron chi connectivity index (χ3n) is 4.35. The highest BCUT2D eigenvalue weighted by molar-refractivity contribution is 7.97. The van der Waals surface area contributed by atoms with Crippen LogP contribution in [0.4, 0.5) is 0 Å². The molecule has 1 aliphatic rings. The van der Waals surface area contributed by atoms with Crippen LogP contribution in [0.15, 0.2) is 99.6 Å². The van der Waals surface area contributed by atoms with E-state index in [1.807, 2.05) is 48.5 Å². The van der Waals surface area contributed by atoms with E-state index >= 15 is 0 Å². The van der Waals surface area contributed by atoms with Crippen molar-refractivity contribution in [3.05, 3.63) is 84.9 Å². The zero-order valence-electron chi connectivity index (χ0n) is 16.1. The van der Waals surface area contributed by atoms with Crippen LogP contribution < -0.4 is 9.47 Å². The van der Waals surface area contributed by atoms with Crippen LogP contribution in [0.3, 0.4) is 0 Å². The van der Waals surface area contributed by atoms with Gasteiger partial charge in [0.25, 0.3) is 0 Å². The number of benzene rings is 3. The first-order chi connectivity index (χ1) is 14.1. The lowest BCUT2D eigenvalue weighted by Gasteiger charge is -2.19. The Morgan fingerprint density at radius 2 is 1.48 bits per heavy atom. The topological polar surface area (TPSA) is 44.8 Å². The molecule has 0 radical (unpaired) electrons. The van der Waals surface area contributed by atoms with Crippen LogP contribution in [0.2, 0.25) is 0 Å². The number of ether oxygens (including phenoxy) is 3. The average molecular weight is 405 g/mol. The fourth-order valence-corrected chi connectivity index (χ4v) is 5.19. The molecule has 0 fully saturated rings. The van der Waals surface area contributed by atoms with E-state index in [2.05, 4.69) is 30.8 Å². The highest BCUT2D eigenvalue weighted by Gasteiger charge is 2.38. The first-order valence-electron chi connectivity index (χ1n) is 9.29. The third-order valence-corrected chi connectivity index (χ3v) is 6.65. The van der Waals surface area contributed by atoms with E-state index in [0.29, 0.717) is 12.2 Å². The van der Waals surface area contributed by atoms with Crippen molar-refractivity contribution in [1.82, 2.24) is 0 Å². The van der Waals surface area contributed by atoms with E-state index in [0.717, 1.165) is 17.2 Å². The summed E-state index contributed by atoms with van der Waals surface area (Å²) in [6, 6.07) is 24.4. The van der Waals surface area contributed by atoms with Crippen molar-refractivity contribution >= 4 is 16.9 Å². The Morgan fingerprint density at radius 1 is 0.897 bits per heavy atom. The lowest BCUT2D eigenvalue weighted by Crippen LogP contribution is -2.13. The summed E-state index contributed by atoms with van der Waals surface area (Å²) in [5, 5.41) is 0. The molecule has 0 spiro atoms. The van der Waals surface area contributed by atoms with Gasteiger partial charge in [-0.2, -0.15) is 0 Å². The smallest absolute Gasteiger partial charge is 0.333 e. The highest BCUT2D eigenvalue weighted by atomic mass is 32.2. The number of hydrogen-bond acceptors (Lipinski definition) is 4. The SMILES string of the molecule is C=C(C)C(=O)OCCOc1ccc([S+]2c3ccccc3Oc3ccccc32)cc1. The van der Waals surface area contributed by atoms with Crippen molar-refractivity contribution in [1.29, 1.82) is 0 Å². The van der Waals surface area contributed by atoms with Gasteiger partial charge in [0.05, 0.1) is 0 Å². The fourth-order valence-electron chi connectivity index (χ4n) is 2.99. The Balaban J connectivity index is 1.51. The molecule has 0 atom stereocenters. The van der Waals surface area contributed by atoms with Crippen LogP contribution in [-0.4, -0.2) is 19.2 Å². The van der Waals surface area contributed by atoms with Gasteiger partial charge < -0.3 is 14.2 Å². The van der Waals surface area contributed by atoms with Gasteiger partial charge in [-0.1, -0.05) is 30.8 Å². The molecule has 0 N–H and O–H groups in total. The van der Waals surface area contributed by atoms with Crippen LogP contribution in [0.1, 0.15) is 6.92 Å². The number of carbonyl (C=O) groups is 1. The van der Waals surface area contributed by atoms with Crippen LogP contribution in [-0.2, 0) is 20.4 Å². The maximum absolute atomic E-state index is 11.4. The maximum Gasteiger partial charge on any atom is 0.333 e. The summed E-state index contributed by atoms with van der Waals surface area (Å²) in [5.41, 5.74) is 0.382. The van der Waals surface area contributed by atoms with Crippen molar-refractivity contribution in [3.63, 3.8) is 0 Å². The third kappa shape index (κ3) is 4.15. The normalized spacial score (nSPS) is 12.3. The number of carbonyl (C=O) groups excluding carboxylic acids is 1. The van der Waals surface area contributed by atoms with Crippen molar-refractivity contribution in [2.75, 3.05) is 13.2 Å². The predicted octanol–water partition coefficient (Wildman–Crippen LogP) is 5.39. The largest absolute Gasteiger partial charge is 0.490 e. The molecule has 0 aromatic heterocycles. The maximum atomic E-state index is 11.4. The minimum absolute atomic E-state index is 0.190. The average Bonchev–Trinajstić information content (AvgIpc) is 2.75. The summed E-state index contributed by atoms with van der Waals surface area (Å²) in [5.74, 6) is 2.13. The van der Waals surface area contributed by atoms with Gasteiger partial charge in [0, 0.05) is 5.57 Å². The lowest BCUT2D eigenvalue weighted by molar-refractivity contribution is -0.139. The van der Waals surface area contributed by atoms with E-state index in [9.17, 15) is 4.79 Å². The van der Waals surface area contributed by atoms with Crippen molar-refractivity contribution < 1.29 is 19.0 Å². The standard InChI is InChI=1S/C24H21O4S/c1-17(2)24(25)27-16-15-26-18-11-13-19(14-12-18)29-22-9-5-3-7-20(22)28-21-8-4-6-10-23(21)29/h3-14H,1,15-16H2,2H3/q+1. The second-order valence-corrected chi connectivity index (χ2v) is 8.50. The second-order valence-electron chi connectivity index (χ2n) is 6.54. The van der Waals surface area contributed by atoms with E-state index in [4.69, 9.17) is 14.2 Å². The van der Waals surface area contributed by atoms with Crippen LogP contribution in [0.5, 0.6) is 17.2 Å². The van der Waals surface area contributed by atoms with E-state index < -0.39 is 5.97 Å². The number of fused-ring (bicyclic) bond motifs is 2. The molecule has 5 heteroatoms. The predicted molar refractivity (Wildman–Crippen MR) is 113 cm³/mol. The molecule has 4 rings (SSSR count). The summed E-state index contributed by atoms with van der Waals surface area (Å²) in [6.45, 7) is 5.66. The van der Waals surface area contributed by atoms with Crippen LogP contribution in [0.25, 0.3) is 0 Å². The summed E-state index contributed by atoms with van der Waals surface area (Å²) < 4.78 is 16.8. The first kappa shape index (κ1) is 19.2. The Kier molecular flexibility index (Phi) is 5.58. The molecule has 0 saturated carbocycles. The molecule has 29 heavy (non-hydrogen) atoms. The number of esters is 1. The molecule has 3 aromatic rings. The number of rotatable bonds is 6. The minimum atomic E-state index is -0.401. The summed E-state index contributed by atoms with van der Waals surface area (Å²) in [7, 11) is -0.245. The summed E-state index contributed by atoms with van der Waals surface area (Å²) in [6.07, 6.45) is 0. The van der Waals surface area contributed by atoms with Crippen molar-refractivity contribution in [2.24, 2.45) is 0 Å². The van der Waals surface area contributed by atoms with Gasteiger partial charge in [-0.05, 0) is 55.5 Å². The van der Waals surface area contributed by atoms with Crippen molar-refractivity contribution in [3.8, 4) is 17.2 Å². The van der Waals surface area contributed by atoms with Crippen LogP contribution in [0, 0.1) is 0 Å². The van der Waals surface area contributed by atoms with Gasteiger partial charge in [0.1, 0.15) is 29.9 Å².